The van der Waals surface area contributed by atoms with Crippen LogP contribution < -0.4 is 10.6 Å². The molecule has 1 rings (SSSR count). The van der Waals surface area contributed by atoms with Crippen molar-refractivity contribution in [3.63, 3.8) is 0 Å². The largest absolute Gasteiger partial charge is 0.358 e. The van der Waals surface area contributed by atoms with E-state index in [4.69, 9.17) is 0 Å². The summed E-state index contributed by atoms with van der Waals surface area (Å²) in [6.07, 6.45) is 3.11. The molecule has 1 saturated carbocycles. The van der Waals surface area contributed by atoms with Crippen molar-refractivity contribution in [2.45, 2.75) is 24.8 Å². The fourth-order valence-corrected chi connectivity index (χ4v) is 1.36. The Morgan fingerprint density at radius 3 is 2.10 bits per heavy atom. The first-order valence-electron chi connectivity index (χ1n) is 3.66. The molecule has 0 bridgehead atoms. The first-order chi connectivity index (χ1) is 4.75. The van der Waals surface area contributed by atoms with Crippen molar-refractivity contribution in [3.05, 3.63) is 0 Å². The number of carbonyl (C=O) groups excluding carboxylic acids is 1. The molecule has 10 heavy (non-hydrogen) atoms. The fraction of sp³-hybridized carbons (Fsp3) is 0.857. The average Bonchev–Trinajstić information content (AvgIpc) is 1.86. The van der Waals surface area contributed by atoms with Crippen molar-refractivity contribution >= 4 is 5.91 Å². The minimum Gasteiger partial charge on any atom is -0.358 e. The number of likely N-dealkylation sites (N-methyl/N-ethyl adjacent to an activating group) is 2. The average molecular weight is 142 g/mol. The van der Waals surface area contributed by atoms with Crippen LogP contribution in [0.3, 0.4) is 0 Å². The van der Waals surface area contributed by atoms with Crippen LogP contribution in [0.5, 0.6) is 0 Å². The topological polar surface area (TPSA) is 41.1 Å². The van der Waals surface area contributed by atoms with Gasteiger partial charge in [0, 0.05) is 7.05 Å². The molecule has 0 saturated heterocycles. The second kappa shape index (κ2) is 2.58. The number of hydrogen-bond donors (Lipinski definition) is 2. The highest BCUT2D eigenvalue weighted by atomic mass is 16.2. The van der Waals surface area contributed by atoms with E-state index in [9.17, 15) is 4.79 Å². The fourth-order valence-electron chi connectivity index (χ4n) is 1.36. The predicted molar refractivity (Wildman–Crippen MR) is 39.7 cm³/mol. The van der Waals surface area contributed by atoms with E-state index < -0.39 is 0 Å². The Hall–Kier alpha value is -0.570. The van der Waals surface area contributed by atoms with Gasteiger partial charge in [0.2, 0.25) is 5.91 Å². The normalized spacial score (nSPS) is 21.4. The maximum atomic E-state index is 11.2. The van der Waals surface area contributed by atoms with Crippen LogP contribution in [-0.2, 0) is 4.79 Å². The third kappa shape index (κ3) is 0.904. The van der Waals surface area contributed by atoms with E-state index in [1.54, 1.807) is 7.05 Å². The summed E-state index contributed by atoms with van der Waals surface area (Å²) in [5.74, 6) is 0.126. The van der Waals surface area contributed by atoms with Gasteiger partial charge in [-0.2, -0.15) is 0 Å². The van der Waals surface area contributed by atoms with Crippen LogP contribution in [0.2, 0.25) is 0 Å². The summed E-state index contributed by atoms with van der Waals surface area (Å²) in [7, 11) is 3.52. The molecule has 1 amide bonds. The summed E-state index contributed by atoms with van der Waals surface area (Å²) < 4.78 is 0. The van der Waals surface area contributed by atoms with Gasteiger partial charge in [-0.3, -0.25) is 4.79 Å². The van der Waals surface area contributed by atoms with E-state index in [0.29, 0.717) is 0 Å². The Bertz CT molecular complexity index is 135. The van der Waals surface area contributed by atoms with Crippen LogP contribution in [0.15, 0.2) is 0 Å². The van der Waals surface area contributed by atoms with Crippen LogP contribution in [0.4, 0.5) is 0 Å². The van der Waals surface area contributed by atoms with Crippen molar-refractivity contribution in [3.8, 4) is 0 Å². The molecule has 0 aromatic carbocycles. The van der Waals surface area contributed by atoms with Gasteiger partial charge in [-0.05, 0) is 26.3 Å². The molecule has 3 heteroatoms. The van der Waals surface area contributed by atoms with Crippen LogP contribution in [0.25, 0.3) is 0 Å². The van der Waals surface area contributed by atoms with Crippen LogP contribution in [-0.4, -0.2) is 25.5 Å². The summed E-state index contributed by atoms with van der Waals surface area (Å²) >= 11 is 0. The van der Waals surface area contributed by atoms with Gasteiger partial charge in [0.15, 0.2) is 0 Å². The number of amides is 1. The molecule has 1 fully saturated rings. The number of carbonyl (C=O) groups is 1. The van der Waals surface area contributed by atoms with Crippen LogP contribution in [0, 0.1) is 0 Å². The Labute approximate surface area is 61.2 Å². The monoisotopic (exact) mass is 142 g/mol. The van der Waals surface area contributed by atoms with E-state index in [1.807, 2.05) is 7.05 Å². The maximum Gasteiger partial charge on any atom is 0.240 e. The van der Waals surface area contributed by atoms with Crippen molar-refractivity contribution in [1.82, 2.24) is 10.6 Å². The summed E-state index contributed by atoms with van der Waals surface area (Å²) in [5.41, 5.74) is -0.227. The van der Waals surface area contributed by atoms with E-state index in [1.165, 1.54) is 0 Å². The number of nitrogens with one attached hydrogen (secondary N) is 2. The molecule has 1 aliphatic carbocycles. The van der Waals surface area contributed by atoms with E-state index in [0.717, 1.165) is 19.3 Å². The first-order valence-corrected chi connectivity index (χ1v) is 3.66. The quantitative estimate of drug-likeness (QED) is 0.564. The molecule has 0 radical (unpaired) electrons. The highest BCUT2D eigenvalue weighted by Gasteiger charge is 2.41. The molecule has 1 aliphatic rings. The third-order valence-electron chi connectivity index (χ3n) is 2.35. The zero-order chi connectivity index (χ0) is 7.61. The van der Waals surface area contributed by atoms with Gasteiger partial charge in [-0.15, -0.1) is 0 Å². The number of rotatable bonds is 2. The van der Waals surface area contributed by atoms with Crippen molar-refractivity contribution in [2.24, 2.45) is 0 Å². The van der Waals surface area contributed by atoms with Crippen LogP contribution in [0.1, 0.15) is 19.3 Å². The lowest BCUT2D eigenvalue weighted by atomic mass is 9.76. The van der Waals surface area contributed by atoms with Gasteiger partial charge in [-0.1, -0.05) is 0 Å². The van der Waals surface area contributed by atoms with Crippen molar-refractivity contribution in [2.75, 3.05) is 14.1 Å². The SMILES string of the molecule is CNC(=O)C1(NC)CCC1. The molecule has 3 nitrogen and oxygen atoms in total. The highest BCUT2D eigenvalue weighted by Crippen LogP contribution is 2.31. The molecule has 0 aromatic heterocycles. The van der Waals surface area contributed by atoms with Gasteiger partial charge >= 0.3 is 0 Å². The van der Waals surface area contributed by atoms with E-state index in [2.05, 4.69) is 10.6 Å². The molecule has 0 unspecified atom stereocenters. The Morgan fingerprint density at radius 2 is 2.00 bits per heavy atom. The molecule has 0 atom stereocenters. The van der Waals surface area contributed by atoms with Crippen molar-refractivity contribution < 1.29 is 4.79 Å². The van der Waals surface area contributed by atoms with Gasteiger partial charge in [0.05, 0.1) is 5.54 Å². The summed E-state index contributed by atoms with van der Waals surface area (Å²) in [5, 5.41) is 5.71. The van der Waals surface area contributed by atoms with Gasteiger partial charge < -0.3 is 10.6 Å². The summed E-state index contributed by atoms with van der Waals surface area (Å²) in [4.78, 5) is 11.2. The molecule has 58 valence electrons. The number of hydrogen-bond acceptors (Lipinski definition) is 2. The Kier molecular flexibility index (Phi) is 1.94. The minimum atomic E-state index is -0.227. The van der Waals surface area contributed by atoms with Gasteiger partial charge in [-0.25, -0.2) is 0 Å². The van der Waals surface area contributed by atoms with E-state index >= 15 is 0 Å². The molecule has 0 heterocycles. The minimum absolute atomic E-state index is 0.126. The maximum absolute atomic E-state index is 11.2. The lowest BCUT2D eigenvalue weighted by molar-refractivity contribution is -0.130. The smallest absolute Gasteiger partial charge is 0.240 e. The lowest BCUT2D eigenvalue weighted by Crippen LogP contribution is -2.59. The van der Waals surface area contributed by atoms with Gasteiger partial charge in [0.25, 0.3) is 0 Å². The standard InChI is InChI=1S/C7H14N2O/c1-8-6(10)7(9-2)4-3-5-7/h9H,3-5H2,1-2H3,(H,8,10). The predicted octanol–water partition coefficient (Wildman–Crippen LogP) is -0.126. The summed E-state index contributed by atoms with van der Waals surface area (Å²) in [6.45, 7) is 0. The molecule has 2 N–H and O–H groups in total. The first kappa shape index (κ1) is 7.54. The molecule has 0 aromatic rings. The molecule has 0 aliphatic heterocycles. The molecule has 0 spiro atoms. The highest BCUT2D eigenvalue weighted by molar-refractivity contribution is 5.86. The van der Waals surface area contributed by atoms with Crippen molar-refractivity contribution in [1.29, 1.82) is 0 Å². The van der Waals surface area contributed by atoms with Gasteiger partial charge in [0.1, 0.15) is 0 Å². The molecular formula is C7H14N2O. The zero-order valence-corrected chi connectivity index (χ0v) is 6.53. The van der Waals surface area contributed by atoms with E-state index in [-0.39, 0.29) is 11.4 Å². The van der Waals surface area contributed by atoms with Crippen LogP contribution >= 0.6 is 0 Å². The lowest BCUT2D eigenvalue weighted by Gasteiger charge is -2.39. The Balaban J connectivity index is 2.55. The Morgan fingerprint density at radius 1 is 1.40 bits per heavy atom. The molecular weight excluding hydrogens is 128 g/mol. The summed E-state index contributed by atoms with van der Waals surface area (Å²) in [6, 6.07) is 0. The third-order valence-corrected chi connectivity index (χ3v) is 2.35. The second-order valence-electron chi connectivity index (χ2n) is 2.76. The second-order valence-corrected chi connectivity index (χ2v) is 2.76. The zero-order valence-electron chi connectivity index (χ0n) is 6.53.